The first-order valence-corrected chi connectivity index (χ1v) is 11.9. The molecule has 3 aromatic rings. The molecule has 1 aromatic heterocycles. The quantitative estimate of drug-likeness (QED) is 0.352. The summed E-state index contributed by atoms with van der Waals surface area (Å²) in [7, 11) is 0. The number of amides is 1. The Kier molecular flexibility index (Phi) is 5.67. The van der Waals surface area contributed by atoms with Crippen molar-refractivity contribution in [2.75, 3.05) is 0 Å². The topological polar surface area (TPSA) is 45.8 Å². The number of halogens is 2. The van der Waals surface area contributed by atoms with E-state index in [0.717, 1.165) is 45.0 Å². The highest BCUT2D eigenvalue weighted by Gasteiger charge is 2.44. The normalized spacial score (nSPS) is 21.8. The number of allylic oxidation sites excluding steroid dienone is 1. The van der Waals surface area contributed by atoms with Crippen LogP contribution < -0.4 is 0 Å². The van der Waals surface area contributed by atoms with Gasteiger partial charge in [0.2, 0.25) is 0 Å². The lowest BCUT2D eigenvalue weighted by molar-refractivity contribution is 0.0648. The minimum Gasteiger partial charge on any atom is -0.459 e. The highest BCUT2D eigenvalue weighted by Crippen LogP contribution is 2.45. The van der Waals surface area contributed by atoms with Crippen LogP contribution in [-0.4, -0.2) is 16.6 Å². The second kappa shape index (κ2) is 8.60. The van der Waals surface area contributed by atoms with Gasteiger partial charge in [-0.1, -0.05) is 56.1 Å². The fourth-order valence-electron chi connectivity index (χ4n) is 4.43. The largest absolute Gasteiger partial charge is 0.459 e. The highest BCUT2D eigenvalue weighted by atomic mass is 79.9. The minimum atomic E-state index is -0.206. The zero-order valence-electron chi connectivity index (χ0n) is 16.7. The molecule has 1 amide bonds. The number of fused-ring (bicyclic) bond motifs is 1. The van der Waals surface area contributed by atoms with Crippen LogP contribution in [0.5, 0.6) is 0 Å². The van der Waals surface area contributed by atoms with Crippen LogP contribution in [-0.2, 0) is 0 Å². The van der Waals surface area contributed by atoms with Gasteiger partial charge in [-0.05, 0) is 78.4 Å². The molecule has 0 bridgehead atoms. The van der Waals surface area contributed by atoms with Crippen molar-refractivity contribution in [1.29, 1.82) is 0 Å². The summed E-state index contributed by atoms with van der Waals surface area (Å²) in [5, 5.41) is 6.52. The predicted molar refractivity (Wildman–Crippen MR) is 129 cm³/mol. The summed E-state index contributed by atoms with van der Waals surface area (Å²) in [6, 6.07) is 19.7. The molecule has 1 aliphatic heterocycles. The Bertz CT molecular complexity index is 1150. The number of hydrogen-bond acceptors (Lipinski definition) is 3. The SMILES string of the molecule is O=C(c1ccco1)N1N=C2/C(=C\c3ccc(Br)cc3)CCC[C@H]2[C@@H]1c1ccc(Br)cc1. The van der Waals surface area contributed by atoms with Crippen molar-refractivity contribution in [3.63, 3.8) is 0 Å². The fraction of sp³-hybridized carbons (Fsp3) is 0.200. The summed E-state index contributed by atoms with van der Waals surface area (Å²) in [6.07, 6.45) is 6.76. The number of nitrogens with zero attached hydrogens (tertiary/aromatic N) is 2. The van der Waals surface area contributed by atoms with Crippen molar-refractivity contribution < 1.29 is 9.21 Å². The monoisotopic (exact) mass is 538 g/mol. The van der Waals surface area contributed by atoms with E-state index in [4.69, 9.17) is 9.52 Å². The zero-order valence-corrected chi connectivity index (χ0v) is 19.8. The molecule has 156 valence electrons. The van der Waals surface area contributed by atoms with Crippen LogP contribution in [0.3, 0.4) is 0 Å². The maximum absolute atomic E-state index is 13.3. The number of hydrazone groups is 1. The van der Waals surface area contributed by atoms with Crippen molar-refractivity contribution >= 4 is 49.6 Å². The third kappa shape index (κ3) is 4.06. The third-order valence-corrected chi connectivity index (χ3v) is 6.92. The summed E-state index contributed by atoms with van der Waals surface area (Å²) in [5.74, 6) is 0.266. The molecule has 5 rings (SSSR count). The molecular formula is C25H20Br2N2O2. The second-order valence-electron chi connectivity index (χ2n) is 7.83. The maximum Gasteiger partial charge on any atom is 0.310 e. The molecule has 2 aliphatic rings. The summed E-state index contributed by atoms with van der Waals surface area (Å²) in [5.41, 5.74) is 4.44. The molecule has 4 nitrogen and oxygen atoms in total. The van der Waals surface area contributed by atoms with Crippen molar-refractivity contribution in [2.45, 2.75) is 25.3 Å². The molecule has 0 unspecified atom stereocenters. The first-order chi connectivity index (χ1) is 15.1. The third-order valence-electron chi connectivity index (χ3n) is 5.86. The van der Waals surface area contributed by atoms with E-state index in [1.165, 1.54) is 11.8 Å². The number of benzene rings is 2. The van der Waals surface area contributed by atoms with Gasteiger partial charge in [0.15, 0.2) is 5.76 Å². The first kappa shape index (κ1) is 20.5. The van der Waals surface area contributed by atoms with E-state index in [9.17, 15) is 4.79 Å². The molecule has 2 atom stereocenters. The zero-order chi connectivity index (χ0) is 21.4. The van der Waals surface area contributed by atoms with Crippen LogP contribution in [0, 0.1) is 5.92 Å². The van der Waals surface area contributed by atoms with Gasteiger partial charge in [-0.3, -0.25) is 4.79 Å². The van der Waals surface area contributed by atoms with Crippen molar-refractivity contribution in [3.05, 3.63) is 98.3 Å². The van der Waals surface area contributed by atoms with E-state index in [1.807, 2.05) is 24.3 Å². The maximum atomic E-state index is 13.3. The van der Waals surface area contributed by atoms with Gasteiger partial charge >= 0.3 is 5.91 Å². The number of carbonyl (C=O) groups is 1. The van der Waals surface area contributed by atoms with E-state index in [0.29, 0.717) is 5.76 Å². The first-order valence-electron chi connectivity index (χ1n) is 10.3. The molecule has 6 heteroatoms. The highest BCUT2D eigenvalue weighted by molar-refractivity contribution is 9.10. The minimum absolute atomic E-state index is 0.144. The Hall–Kier alpha value is -2.44. The molecule has 0 spiro atoms. The van der Waals surface area contributed by atoms with Gasteiger partial charge in [0.05, 0.1) is 18.0 Å². The number of rotatable bonds is 3. The number of hydrogen-bond donors (Lipinski definition) is 0. The van der Waals surface area contributed by atoms with Gasteiger partial charge in [-0.25, -0.2) is 5.01 Å². The molecule has 2 aromatic carbocycles. The number of carbonyl (C=O) groups excluding carboxylic acids is 1. The molecule has 1 fully saturated rings. The standard InChI is InChI=1S/C25H20Br2N2O2/c26-19-10-6-16(7-11-19)15-18-3-1-4-21-23(18)28-29(25(30)22-5-2-14-31-22)24(21)17-8-12-20(27)13-9-17/h2,5-15,21,24H,1,3-4H2/b18-15-/t21-,24+/m1/s1. The van der Waals surface area contributed by atoms with Crippen molar-refractivity contribution in [2.24, 2.45) is 11.0 Å². The van der Waals surface area contributed by atoms with Crippen LogP contribution in [0.15, 0.2) is 91.0 Å². The van der Waals surface area contributed by atoms with Crippen LogP contribution in [0.2, 0.25) is 0 Å². The van der Waals surface area contributed by atoms with Crippen LogP contribution in [0.25, 0.3) is 6.08 Å². The lowest BCUT2D eigenvalue weighted by atomic mass is 9.77. The molecule has 2 heterocycles. The second-order valence-corrected chi connectivity index (χ2v) is 9.66. The summed E-state index contributed by atoms with van der Waals surface area (Å²) >= 11 is 7.01. The van der Waals surface area contributed by atoms with Crippen LogP contribution >= 0.6 is 31.9 Å². The van der Waals surface area contributed by atoms with E-state index < -0.39 is 0 Å². The smallest absolute Gasteiger partial charge is 0.310 e. The summed E-state index contributed by atoms with van der Waals surface area (Å²) < 4.78 is 7.48. The molecule has 0 N–H and O–H groups in total. The van der Waals surface area contributed by atoms with E-state index in [1.54, 1.807) is 17.1 Å². The van der Waals surface area contributed by atoms with E-state index in [-0.39, 0.29) is 17.9 Å². The summed E-state index contributed by atoms with van der Waals surface area (Å²) in [4.78, 5) is 13.3. The molecule has 1 aliphatic carbocycles. The summed E-state index contributed by atoms with van der Waals surface area (Å²) in [6.45, 7) is 0. The molecule has 1 saturated carbocycles. The molecule has 31 heavy (non-hydrogen) atoms. The average molecular weight is 540 g/mol. The van der Waals surface area contributed by atoms with Gasteiger partial charge in [0.1, 0.15) is 0 Å². The van der Waals surface area contributed by atoms with Crippen molar-refractivity contribution in [3.8, 4) is 0 Å². The average Bonchev–Trinajstić information content (AvgIpc) is 3.44. The van der Waals surface area contributed by atoms with Gasteiger partial charge in [-0.2, -0.15) is 5.10 Å². The van der Waals surface area contributed by atoms with Gasteiger partial charge in [0, 0.05) is 14.9 Å². The van der Waals surface area contributed by atoms with Crippen LogP contribution in [0.1, 0.15) is 47.0 Å². The van der Waals surface area contributed by atoms with Crippen molar-refractivity contribution in [1.82, 2.24) is 5.01 Å². The Balaban J connectivity index is 1.57. The molecule has 0 radical (unpaired) electrons. The Labute approximate surface area is 197 Å². The Morgan fingerprint density at radius 2 is 1.74 bits per heavy atom. The molecule has 0 saturated heterocycles. The predicted octanol–water partition coefficient (Wildman–Crippen LogP) is 7.24. The number of furan rings is 1. The fourth-order valence-corrected chi connectivity index (χ4v) is 4.96. The van der Waals surface area contributed by atoms with Crippen LogP contribution in [0.4, 0.5) is 0 Å². The Morgan fingerprint density at radius 1 is 1.03 bits per heavy atom. The van der Waals surface area contributed by atoms with E-state index >= 15 is 0 Å². The van der Waals surface area contributed by atoms with Gasteiger partial charge in [-0.15, -0.1) is 0 Å². The molecular weight excluding hydrogens is 520 g/mol. The lowest BCUT2D eigenvalue weighted by Crippen LogP contribution is -2.31. The van der Waals surface area contributed by atoms with Gasteiger partial charge < -0.3 is 4.42 Å². The Morgan fingerprint density at radius 3 is 2.42 bits per heavy atom. The van der Waals surface area contributed by atoms with Gasteiger partial charge in [0.25, 0.3) is 0 Å². The lowest BCUT2D eigenvalue weighted by Gasteiger charge is -2.29. The van der Waals surface area contributed by atoms with E-state index in [2.05, 4.69) is 62.2 Å².